The number of benzene rings is 1. The van der Waals surface area contributed by atoms with Gasteiger partial charge < -0.3 is 5.11 Å². The first kappa shape index (κ1) is 10.2. The summed E-state index contributed by atoms with van der Waals surface area (Å²) < 4.78 is 0.996. The van der Waals surface area contributed by atoms with E-state index in [2.05, 4.69) is 4.99 Å². The number of thiophene rings is 1. The van der Waals surface area contributed by atoms with Gasteiger partial charge in [0.15, 0.2) is 0 Å². The zero-order chi connectivity index (χ0) is 12.0. The lowest BCUT2D eigenvalue weighted by molar-refractivity contribution is 0.0702. The van der Waals surface area contributed by atoms with E-state index in [9.17, 15) is 9.90 Å². The molecule has 0 amide bonds. The highest BCUT2D eigenvalue weighted by Gasteiger charge is 2.21. The van der Waals surface area contributed by atoms with Gasteiger partial charge in [-0.05, 0) is 24.6 Å². The van der Waals surface area contributed by atoms with Crippen LogP contribution in [-0.4, -0.2) is 16.8 Å². The molecule has 1 N–H and O–H groups in total. The van der Waals surface area contributed by atoms with Crippen LogP contribution < -0.4 is 0 Å². The Kier molecular flexibility index (Phi) is 2.12. The summed E-state index contributed by atoms with van der Waals surface area (Å²) in [7, 11) is 0. The molecule has 0 aliphatic carbocycles. The molecule has 17 heavy (non-hydrogen) atoms. The zero-order valence-electron chi connectivity index (χ0n) is 9.10. The Hall–Kier alpha value is -1.94. The molecule has 4 heteroatoms. The molecule has 0 bridgehead atoms. The Morgan fingerprint density at radius 2 is 2.24 bits per heavy atom. The van der Waals surface area contributed by atoms with Crippen LogP contribution in [0.15, 0.2) is 29.4 Å². The third-order valence-corrected chi connectivity index (χ3v) is 3.97. The second-order valence-electron chi connectivity index (χ2n) is 3.86. The summed E-state index contributed by atoms with van der Waals surface area (Å²) in [4.78, 5) is 15.9. The van der Waals surface area contributed by atoms with Crippen molar-refractivity contribution >= 4 is 39.2 Å². The highest BCUT2D eigenvalue weighted by atomic mass is 32.1. The van der Waals surface area contributed by atoms with Gasteiger partial charge in [0.05, 0.1) is 0 Å². The average molecular weight is 243 g/mol. The fourth-order valence-electron chi connectivity index (χ4n) is 2.10. The van der Waals surface area contributed by atoms with Gasteiger partial charge in [-0.3, -0.25) is 4.99 Å². The van der Waals surface area contributed by atoms with Crippen molar-refractivity contribution in [2.45, 2.75) is 6.92 Å². The van der Waals surface area contributed by atoms with Crippen LogP contribution in [0.25, 0.3) is 16.2 Å². The predicted octanol–water partition coefficient (Wildman–Crippen LogP) is 3.39. The molecular weight excluding hydrogens is 234 g/mol. The zero-order valence-corrected chi connectivity index (χ0v) is 9.91. The van der Waals surface area contributed by atoms with Crippen molar-refractivity contribution in [1.29, 1.82) is 0 Å². The topological polar surface area (TPSA) is 49.7 Å². The molecular formula is C13H9NO2S. The third kappa shape index (κ3) is 1.41. The summed E-state index contributed by atoms with van der Waals surface area (Å²) in [6.07, 6.45) is 3.64. The van der Waals surface area contributed by atoms with Gasteiger partial charge in [0, 0.05) is 27.6 Å². The van der Waals surface area contributed by atoms with E-state index in [1.165, 1.54) is 11.3 Å². The van der Waals surface area contributed by atoms with Gasteiger partial charge in [-0.25, -0.2) is 4.79 Å². The standard InChI is InChI=1S/C13H9NO2S/c1-7-10-11-8(5-6-14-7)3-2-4-9(11)17-12(10)13(15)16/h2-6H,1H3,(H,15,16). The van der Waals surface area contributed by atoms with Crippen LogP contribution in [-0.2, 0) is 0 Å². The van der Waals surface area contributed by atoms with Gasteiger partial charge in [0.25, 0.3) is 0 Å². The average Bonchev–Trinajstić information content (AvgIpc) is 2.60. The minimum atomic E-state index is -0.886. The van der Waals surface area contributed by atoms with Gasteiger partial charge in [-0.1, -0.05) is 12.1 Å². The fraction of sp³-hybridized carbons (Fsp3) is 0.0769. The van der Waals surface area contributed by atoms with E-state index in [1.54, 1.807) is 6.20 Å². The Balaban J connectivity index is 2.53. The molecule has 0 saturated carbocycles. The second-order valence-corrected chi connectivity index (χ2v) is 4.91. The molecule has 0 spiro atoms. The molecule has 0 fully saturated rings. The molecule has 0 unspecified atom stereocenters. The maximum absolute atomic E-state index is 11.3. The largest absolute Gasteiger partial charge is 0.477 e. The summed E-state index contributed by atoms with van der Waals surface area (Å²) in [6, 6.07) is 5.87. The highest BCUT2D eigenvalue weighted by Crippen LogP contribution is 2.36. The van der Waals surface area contributed by atoms with Crippen molar-refractivity contribution in [3.63, 3.8) is 0 Å². The number of carboxylic acid groups (broad SMARTS) is 1. The van der Waals surface area contributed by atoms with Crippen molar-refractivity contribution in [3.05, 3.63) is 40.4 Å². The number of aliphatic imine (C=N–C) groups is 1. The van der Waals surface area contributed by atoms with E-state index < -0.39 is 5.97 Å². The summed E-state index contributed by atoms with van der Waals surface area (Å²) in [5.41, 5.74) is 2.55. The van der Waals surface area contributed by atoms with E-state index in [-0.39, 0.29) is 0 Å². The van der Waals surface area contributed by atoms with Crippen LogP contribution >= 0.6 is 11.3 Å². The van der Waals surface area contributed by atoms with E-state index in [1.807, 2.05) is 31.2 Å². The molecule has 3 nitrogen and oxygen atoms in total. The van der Waals surface area contributed by atoms with Crippen LogP contribution in [0.3, 0.4) is 0 Å². The number of rotatable bonds is 1. The lowest BCUT2D eigenvalue weighted by Gasteiger charge is -2.00. The van der Waals surface area contributed by atoms with Crippen LogP contribution in [0, 0.1) is 0 Å². The molecule has 1 aromatic carbocycles. The number of hydrogen-bond donors (Lipinski definition) is 1. The Labute approximate surface area is 102 Å². The van der Waals surface area contributed by atoms with E-state index >= 15 is 0 Å². The Bertz CT molecular complexity index is 695. The van der Waals surface area contributed by atoms with Gasteiger partial charge in [0.2, 0.25) is 0 Å². The number of carboxylic acids is 1. The molecule has 84 valence electrons. The molecule has 1 aliphatic rings. The van der Waals surface area contributed by atoms with Crippen LogP contribution in [0.4, 0.5) is 0 Å². The van der Waals surface area contributed by atoms with Crippen molar-refractivity contribution in [3.8, 4) is 0 Å². The van der Waals surface area contributed by atoms with Crippen molar-refractivity contribution in [2.24, 2.45) is 4.99 Å². The SMILES string of the molecule is CC1=NC=Cc2cccc3sc(C(=O)O)c1c23. The smallest absolute Gasteiger partial charge is 0.346 e. The molecule has 3 rings (SSSR count). The van der Waals surface area contributed by atoms with Crippen molar-refractivity contribution in [2.75, 3.05) is 0 Å². The van der Waals surface area contributed by atoms with Crippen LogP contribution in [0.1, 0.15) is 27.7 Å². The van der Waals surface area contributed by atoms with E-state index in [0.29, 0.717) is 4.88 Å². The lowest BCUT2D eigenvalue weighted by Crippen LogP contribution is -2.02. The number of aromatic carboxylic acids is 1. The normalized spacial score (nSPS) is 13.6. The highest BCUT2D eigenvalue weighted by molar-refractivity contribution is 7.21. The monoisotopic (exact) mass is 243 g/mol. The summed E-state index contributed by atoms with van der Waals surface area (Å²) in [5, 5.41) is 10.3. The Morgan fingerprint density at radius 1 is 1.41 bits per heavy atom. The first-order valence-corrected chi connectivity index (χ1v) is 6.00. The fourth-order valence-corrected chi connectivity index (χ4v) is 3.23. The molecule has 0 atom stereocenters. The molecule has 1 aromatic heterocycles. The van der Waals surface area contributed by atoms with Crippen LogP contribution in [0.2, 0.25) is 0 Å². The van der Waals surface area contributed by atoms with Crippen molar-refractivity contribution in [1.82, 2.24) is 0 Å². The number of carbonyl (C=O) groups is 1. The van der Waals surface area contributed by atoms with E-state index in [0.717, 1.165) is 26.9 Å². The first-order valence-electron chi connectivity index (χ1n) is 5.18. The maximum atomic E-state index is 11.3. The molecule has 1 aliphatic heterocycles. The van der Waals surface area contributed by atoms with Crippen LogP contribution in [0.5, 0.6) is 0 Å². The molecule has 0 saturated heterocycles. The number of nitrogens with zero attached hydrogens (tertiary/aromatic N) is 1. The van der Waals surface area contributed by atoms with Gasteiger partial charge in [0.1, 0.15) is 4.88 Å². The predicted molar refractivity (Wildman–Crippen MR) is 70.0 cm³/mol. The lowest BCUT2D eigenvalue weighted by atomic mass is 10.0. The maximum Gasteiger partial charge on any atom is 0.346 e. The summed E-state index contributed by atoms with van der Waals surface area (Å²) >= 11 is 1.31. The minimum absolute atomic E-state index is 0.373. The summed E-state index contributed by atoms with van der Waals surface area (Å²) in [6.45, 7) is 1.85. The van der Waals surface area contributed by atoms with Gasteiger partial charge in [-0.15, -0.1) is 11.3 Å². The van der Waals surface area contributed by atoms with Gasteiger partial charge in [-0.2, -0.15) is 0 Å². The quantitative estimate of drug-likeness (QED) is 0.834. The molecule has 2 heterocycles. The number of hydrogen-bond acceptors (Lipinski definition) is 3. The van der Waals surface area contributed by atoms with Gasteiger partial charge >= 0.3 is 5.97 Å². The molecule has 0 radical (unpaired) electrons. The Morgan fingerprint density at radius 3 is 3.00 bits per heavy atom. The first-order chi connectivity index (χ1) is 8.18. The van der Waals surface area contributed by atoms with Crippen molar-refractivity contribution < 1.29 is 9.90 Å². The summed E-state index contributed by atoms with van der Waals surface area (Å²) in [5.74, 6) is -0.886. The third-order valence-electron chi connectivity index (χ3n) is 2.83. The second kappa shape index (κ2) is 3.53. The van der Waals surface area contributed by atoms with E-state index in [4.69, 9.17) is 0 Å². The minimum Gasteiger partial charge on any atom is -0.477 e. The molecule has 2 aromatic rings.